The second-order valence-electron chi connectivity index (χ2n) is 25.5. The van der Waals surface area contributed by atoms with Crippen LogP contribution in [0.3, 0.4) is 0 Å². The van der Waals surface area contributed by atoms with Crippen molar-refractivity contribution in [1.29, 1.82) is 5.26 Å². The number of aromatic amines is 1. The smallest absolute Gasteiger partial charge is 0.490 e. The number of carboxylic acid groups (broad SMARTS) is 2. The van der Waals surface area contributed by atoms with Gasteiger partial charge in [-0.2, -0.15) is 18.4 Å². The molecule has 4 heterocycles. The van der Waals surface area contributed by atoms with Crippen LogP contribution >= 0.6 is 0 Å². The largest absolute Gasteiger partial charge is 0.508 e. The van der Waals surface area contributed by atoms with Gasteiger partial charge in [0, 0.05) is 69.2 Å². The number of likely N-dealkylation sites (N-methyl/N-ethyl adjacent to an activating group) is 1. The molecule has 36 heteroatoms. The lowest BCUT2D eigenvalue weighted by Gasteiger charge is -2.31. The lowest BCUT2D eigenvalue weighted by molar-refractivity contribution is -0.192. The number of nitrogens with two attached hydrogens (primary N) is 1. The SMILES string of the molecule is CN1C(=O)CNC(=O)[C@H](CCCCN)NC(=O)[C@H]2CCCN2C(=O)[C@H](CC(=O)O)NC(=O)[C@H](Cc2ccc(O)cc2)NC(=O)CNC(=O)[C@H](Cc2c[nH]c3ccccc23)NC(=O)[C@H](CCC(=O)N2CC(F)(F)C[C@H]2C#N)NC(=O)[C@H](Cc2ccc(O)cc2)NC(=O)[C@@H]1Cc1ccccc1.O=C(O)C(F)(F)F. The highest BCUT2D eigenvalue weighted by Crippen LogP contribution is 2.33. The minimum Gasteiger partial charge on any atom is -0.508 e. The number of benzene rings is 4. The first-order valence-electron chi connectivity index (χ1n) is 33.6. The molecule has 0 aliphatic carbocycles. The molecule has 0 bridgehead atoms. The monoisotopic (exact) mass is 1480 g/mol. The second-order valence-corrected chi connectivity index (χ2v) is 25.5. The molecule has 3 fully saturated rings. The summed E-state index contributed by atoms with van der Waals surface area (Å²) in [5, 5.41) is 68.4. The molecule has 15 N–H and O–H groups in total. The van der Waals surface area contributed by atoms with Crippen molar-refractivity contribution < 1.29 is 105 Å². The predicted molar refractivity (Wildman–Crippen MR) is 363 cm³/mol. The fourth-order valence-electron chi connectivity index (χ4n) is 12.1. The third-order valence-electron chi connectivity index (χ3n) is 17.7. The zero-order chi connectivity index (χ0) is 77.6. The number of nitriles is 1. The number of aliphatic carboxylic acids is 2. The van der Waals surface area contributed by atoms with Crippen molar-refractivity contribution in [3.8, 4) is 17.6 Å². The number of aromatic hydroxyl groups is 2. The molecule has 3 aliphatic heterocycles. The Balaban J connectivity index is 0.00000213. The number of carboxylic acids is 2. The Morgan fingerprint density at radius 2 is 1.14 bits per heavy atom. The average Bonchev–Trinajstić information content (AvgIpc) is 1.64. The third-order valence-corrected chi connectivity index (χ3v) is 17.7. The number of nitrogens with zero attached hydrogens (tertiary/aromatic N) is 4. The summed E-state index contributed by atoms with van der Waals surface area (Å²) in [4.78, 5) is 187. The van der Waals surface area contributed by atoms with Gasteiger partial charge >= 0.3 is 18.1 Å². The minimum absolute atomic E-state index is 0.0258. The number of likely N-dealkylation sites (tertiary alicyclic amines) is 1. The number of nitrogens with one attached hydrogen (secondary N) is 9. The van der Waals surface area contributed by atoms with E-state index in [0.29, 0.717) is 44.5 Å². The van der Waals surface area contributed by atoms with E-state index in [2.05, 4.69) is 47.5 Å². The zero-order valence-corrected chi connectivity index (χ0v) is 57.2. The van der Waals surface area contributed by atoms with E-state index in [0.717, 1.165) is 9.80 Å². The van der Waals surface area contributed by atoms with Crippen LogP contribution in [-0.2, 0) is 88.0 Å². The molecule has 568 valence electrons. The van der Waals surface area contributed by atoms with Crippen molar-refractivity contribution in [1.82, 2.24) is 62.2 Å². The van der Waals surface area contributed by atoms with E-state index in [4.69, 9.17) is 15.6 Å². The van der Waals surface area contributed by atoms with Crippen molar-refractivity contribution in [2.75, 3.05) is 39.8 Å². The van der Waals surface area contributed by atoms with Gasteiger partial charge in [0.05, 0.1) is 32.1 Å². The van der Waals surface area contributed by atoms with E-state index in [1.54, 1.807) is 66.9 Å². The first-order valence-corrected chi connectivity index (χ1v) is 33.6. The van der Waals surface area contributed by atoms with Gasteiger partial charge in [0.15, 0.2) is 0 Å². The number of amides is 11. The van der Waals surface area contributed by atoms with Crippen molar-refractivity contribution in [3.05, 3.63) is 132 Å². The maximum Gasteiger partial charge on any atom is 0.490 e. The van der Waals surface area contributed by atoms with Gasteiger partial charge < -0.3 is 88.4 Å². The van der Waals surface area contributed by atoms with Crippen LogP contribution in [0.2, 0.25) is 0 Å². The number of halogens is 5. The molecule has 0 saturated carbocycles. The van der Waals surface area contributed by atoms with Crippen molar-refractivity contribution in [3.63, 3.8) is 0 Å². The summed E-state index contributed by atoms with van der Waals surface area (Å²) in [6.45, 7) is -2.74. The van der Waals surface area contributed by atoms with E-state index >= 15 is 14.4 Å². The molecule has 0 unspecified atom stereocenters. The van der Waals surface area contributed by atoms with Gasteiger partial charge in [-0.05, 0) is 97.7 Å². The number of hydrogen-bond donors (Lipinski definition) is 14. The number of alkyl halides is 5. The normalized spacial score (nSPS) is 22.8. The highest BCUT2D eigenvalue weighted by atomic mass is 19.4. The highest BCUT2D eigenvalue weighted by molar-refractivity contribution is 6.00. The molecular formula is C70H81F5N14O17. The molecule has 3 aliphatic rings. The first-order chi connectivity index (χ1) is 50.2. The Bertz CT molecular complexity index is 4050. The first kappa shape index (κ1) is 81.5. The zero-order valence-electron chi connectivity index (χ0n) is 57.2. The summed E-state index contributed by atoms with van der Waals surface area (Å²) in [6.07, 6.45) is -7.34. The van der Waals surface area contributed by atoms with Crippen LogP contribution in [0.4, 0.5) is 22.0 Å². The fraction of sp³-hybridized carbons (Fsp3) is 0.429. The summed E-state index contributed by atoms with van der Waals surface area (Å²) in [6, 6.07) is 13.3. The molecule has 31 nitrogen and oxygen atoms in total. The lowest BCUT2D eigenvalue weighted by Crippen LogP contribution is -2.60. The molecule has 0 spiro atoms. The maximum absolute atomic E-state index is 15.1. The molecule has 0 radical (unpaired) electrons. The maximum atomic E-state index is 15.1. The van der Waals surface area contributed by atoms with Gasteiger partial charge in [-0.25, -0.2) is 13.6 Å². The number of carbonyl (C=O) groups excluding carboxylic acids is 11. The molecule has 8 rings (SSSR count). The van der Waals surface area contributed by atoms with Crippen LogP contribution in [0, 0.1) is 11.3 Å². The van der Waals surface area contributed by atoms with Crippen LogP contribution < -0.4 is 48.3 Å². The summed E-state index contributed by atoms with van der Waals surface area (Å²) in [5.74, 6) is -19.1. The topological polar surface area (TPSA) is 474 Å². The van der Waals surface area contributed by atoms with Crippen molar-refractivity contribution in [2.24, 2.45) is 5.73 Å². The Morgan fingerprint density at radius 3 is 1.75 bits per heavy atom. The number of phenolic OH excluding ortho intramolecular Hbond substituents is 2. The Kier molecular flexibility index (Phi) is 28.9. The summed E-state index contributed by atoms with van der Waals surface area (Å²) >= 11 is 0. The van der Waals surface area contributed by atoms with E-state index in [1.165, 1.54) is 55.6 Å². The molecule has 106 heavy (non-hydrogen) atoms. The van der Waals surface area contributed by atoms with Gasteiger partial charge in [-0.15, -0.1) is 0 Å². The summed E-state index contributed by atoms with van der Waals surface area (Å²) in [5.41, 5.74) is 8.02. The summed E-state index contributed by atoms with van der Waals surface area (Å²) in [7, 11) is 1.27. The molecule has 4 aromatic carbocycles. The van der Waals surface area contributed by atoms with Gasteiger partial charge in [0.2, 0.25) is 65.0 Å². The Morgan fingerprint density at radius 1 is 0.623 bits per heavy atom. The van der Waals surface area contributed by atoms with Gasteiger partial charge in [-0.1, -0.05) is 72.8 Å². The molecule has 3 saturated heterocycles. The van der Waals surface area contributed by atoms with Gasteiger partial charge in [0.25, 0.3) is 5.92 Å². The number of carbonyl (C=O) groups is 13. The van der Waals surface area contributed by atoms with E-state index in [1.807, 2.05) is 0 Å². The molecule has 9 atom stereocenters. The Labute approximate surface area is 602 Å². The van der Waals surface area contributed by atoms with E-state index in [9.17, 15) is 85.7 Å². The van der Waals surface area contributed by atoms with E-state index < -0.39 is 189 Å². The predicted octanol–water partition coefficient (Wildman–Crippen LogP) is 0.599. The van der Waals surface area contributed by atoms with Gasteiger partial charge in [0.1, 0.15) is 65.9 Å². The quantitative estimate of drug-likeness (QED) is 0.0448. The number of fused-ring (bicyclic) bond motifs is 2. The number of H-pyrrole nitrogens is 1. The third kappa shape index (κ3) is 23.6. The minimum atomic E-state index is -5.08. The van der Waals surface area contributed by atoms with Crippen LogP contribution in [-0.4, -0.2) is 223 Å². The fourth-order valence-corrected chi connectivity index (χ4v) is 12.1. The van der Waals surface area contributed by atoms with Crippen LogP contribution in [0.25, 0.3) is 10.9 Å². The number of rotatable bonds is 17. The second kappa shape index (κ2) is 37.6. The number of unbranched alkanes of at least 4 members (excludes halogenated alkanes) is 1. The average molecular weight is 1490 g/mol. The Hall–Kier alpha value is -11.8. The highest BCUT2D eigenvalue weighted by Gasteiger charge is 2.48. The standard InChI is InChI=1S/C68H80F2N14O15.C2HF3O2/c1-82-55(30-39-10-3-2-4-11-39)66(98)80-51(29-41-18-22-45(86)23-19-41)64(96)77-49(24-25-57(88)84-38-68(69,70)33-43(84)34-72)62(94)79-52(31-42-35-73-47-13-6-5-12-46(42)47)61(93)74-36-56(87)76-50(28-40-16-20-44(85)21-17-40)63(95)81-53(32-59(90)91)67(99)83-27-9-15-54(83)65(97)78-48(14-7-8-26-71)60(92)75-37-58(82)89;3-2(4,5)1(6)7/h2-6,10-13,16-23,35,43,48-55,73,85-86H,7-9,14-15,24-33,36-38,71H2,1H3,(H,74,93)(H,75,92)(H,76,87)(H,77,96)(H,78,97)(H,79,94)(H,80,98)(H,81,95)(H,90,91);(H,6,7)/t43-,48-,49-,50-,51-,52-,53-,54+,55-;/m0./s1. The number of aromatic nitrogens is 1. The molecule has 5 aromatic rings. The number of para-hydroxylation sites is 1. The number of hydrogen-bond acceptors (Lipinski definition) is 17. The summed E-state index contributed by atoms with van der Waals surface area (Å²) < 4.78 is 61.3. The van der Waals surface area contributed by atoms with E-state index in [-0.39, 0.29) is 76.0 Å². The van der Waals surface area contributed by atoms with Crippen molar-refractivity contribution >= 4 is 87.8 Å². The van der Waals surface area contributed by atoms with Crippen LogP contribution in [0.15, 0.2) is 109 Å². The molecule has 11 amide bonds. The number of phenols is 2. The van der Waals surface area contributed by atoms with Crippen LogP contribution in [0.1, 0.15) is 80.0 Å². The lowest BCUT2D eigenvalue weighted by atomic mass is 10.0. The molecule has 1 aromatic heterocycles. The van der Waals surface area contributed by atoms with Crippen LogP contribution in [0.5, 0.6) is 11.5 Å². The molecular weight excluding hydrogens is 1400 g/mol. The van der Waals surface area contributed by atoms with Crippen molar-refractivity contribution in [2.45, 2.75) is 150 Å². The van der Waals surface area contributed by atoms with Gasteiger partial charge in [-0.3, -0.25) is 57.5 Å².